The van der Waals surface area contributed by atoms with E-state index in [1.807, 2.05) is 0 Å². The molecular formula is C13H16F2N2O3S. The van der Waals surface area contributed by atoms with Gasteiger partial charge < -0.3 is 4.90 Å². The van der Waals surface area contributed by atoms with Crippen molar-refractivity contribution in [1.82, 2.24) is 9.62 Å². The third-order valence-corrected chi connectivity index (χ3v) is 4.03. The van der Waals surface area contributed by atoms with E-state index in [9.17, 15) is 22.0 Å². The van der Waals surface area contributed by atoms with Gasteiger partial charge in [-0.05, 0) is 25.0 Å². The number of likely N-dealkylation sites (tertiary alicyclic amines) is 1. The predicted octanol–water partition coefficient (Wildman–Crippen LogP) is 1.12. The zero-order valence-electron chi connectivity index (χ0n) is 11.5. The van der Waals surface area contributed by atoms with Crippen LogP contribution in [0.3, 0.4) is 0 Å². The topological polar surface area (TPSA) is 66.5 Å². The van der Waals surface area contributed by atoms with E-state index in [1.54, 1.807) is 0 Å². The molecule has 1 atom stereocenters. The van der Waals surface area contributed by atoms with E-state index < -0.39 is 39.2 Å². The first-order valence-corrected chi connectivity index (χ1v) is 8.37. The number of hydrogen-bond acceptors (Lipinski definition) is 3. The van der Waals surface area contributed by atoms with Crippen LogP contribution in [0.15, 0.2) is 18.2 Å². The summed E-state index contributed by atoms with van der Waals surface area (Å²) >= 11 is 0. The molecule has 0 radical (unpaired) electrons. The van der Waals surface area contributed by atoms with Gasteiger partial charge in [-0.1, -0.05) is 6.07 Å². The maximum Gasteiger partial charge on any atom is 0.259 e. The fourth-order valence-electron chi connectivity index (χ4n) is 2.42. The normalized spacial score (nSPS) is 19.6. The highest BCUT2D eigenvalue weighted by Crippen LogP contribution is 2.18. The van der Waals surface area contributed by atoms with Crippen LogP contribution in [0.25, 0.3) is 0 Å². The first-order valence-electron chi connectivity index (χ1n) is 6.48. The number of hydrogen-bond donors (Lipinski definition) is 1. The largest absolute Gasteiger partial charge is 0.337 e. The standard InChI is InChI=1S/C13H16F2N2O3S/c1-21(19,20)16-9-4-3-7-17(8-9)13(18)12-10(14)5-2-6-11(12)15/h2,5-6,9,16H,3-4,7-8H2,1H3/t9-/m1/s1. The van der Waals surface area contributed by atoms with E-state index in [4.69, 9.17) is 0 Å². The van der Waals surface area contributed by atoms with E-state index in [0.717, 1.165) is 18.4 Å². The molecular weight excluding hydrogens is 302 g/mol. The van der Waals surface area contributed by atoms with Crippen LogP contribution in [0.5, 0.6) is 0 Å². The molecule has 0 saturated carbocycles. The van der Waals surface area contributed by atoms with E-state index >= 15 is 0 Å². The van der Waals surface area contributed by atoms with Gasteiger partial charge in [-0.2, -0.15) is 0 Å². The van der Waals surface area contributed by atoms with Crippen LogP contribution in [0.4, 0.5) is 8.78 Å². The third-order valence-electron chi connectivity index (χ3n) is 3.27. The van der Waals surface area contributed by atoms with Crippen LogP contribution >= 0.6 is 0 Å². The smallest absolute Gasteiger partial charge is 0.259 e. The van der Waals surface area contributed by atoms with Gasteiger partial charge in [0.15, 0.2) is 0 Å². The molecule has 0 spiro atoms. The van der Waals surface area contributed by atoms with Crippen LogP contribution < -0.4 is 4.72 Å². The van der Waals surface area contributed by atoms with E-state index in [2.05, 4.69) is 4.72 Å². The minimum atomic E-state index is -3.39. The van der Waals surface area contributed by atoms with Crippen molar-refractivity contribution in [3.8, 4) is 0 Å². The molecule has 2 rings (SSSR count). The Bertz CT molecular complexity index is 629. The van der Waals surface area contributed by atoms with Gasteiger partial charge in [0.2, 0.25) is 10.0 Å². The summed E-state index contributed by atoms with van der Waals surface area (Å²) in [5, 5.41) is 0. The second kappa shape index (κ2) is 6.07. The third kappa shape index (κ3) is 3.98. The van der Waals surface area contributed by atoms with Crippen molar-refractivity contribution in [1.29, 1.82) is 0 Å². The zero-order chi connectivity index (χ0) is 15.6. The lowest BCUT2D eigenvalue weighted by atomic mass is 10.0. The average Bonchev–Trinajstić information content (AvgIpc) is 2.36. The van der Waals surface area contributed by atoms with Crippen molar-refractivity contribution in [2.24, 2.45) is 0 Å². The highest BCUT2D eigenvalue weighted by atomic mass is 32.2. The molecule has 1 heterocycles. The zero-order valence-corrected chi connectivity index (χ0v) is 12.3. The quantitative estimate of drug-likeness (QED) is 0.908. The molecule has 1 N–H and O–H groups in total. The number of amides is 1. The Hall–Kier alpha value is -1.54. The van der Waals surface area contributed by atoms with Crippen LogP contribution in [0, 0.1) is 11.6 Å². The molecule has 21 heavy (non-hydrogen) atoms. The van der Waals surface area contributed by atoms with Crippen molar-refractivity contribution in [3.63, 3.8) is 0 Å². The van der Waals surface area contributed by atoms with Crippen LogP contribution in [-0.2, 0) is 10.0 Å². The molecule has 1 aliphatic rings. The minimum absolute atomic E-state index is 0.0969. The second-order valence-corrected chi connectivity index (χ2v) is 6.86. The summed E-state index contributed by atoms with van der Waals surface area (Å²) in [5.41, 5.74) is -0.600. The molecule has 1 aliphatic heterocycles. The molecule has 116 valence electrons. The molecule has 1 saturated heterocycles. The molecule has 1 amide bonds. The van der Waals surface area contributed by atoms with Crippen LogP contribution in [0.1, 0.15) is 23.2 Å². The summed E-state index contributed by atoms with van der Waals surface area (Å²) in [6.07, 6.45) is 2.18. The molecule has 1 fully saturated rings. The summed E-state index contributed by atoms with van der Waals surface area (Å²) in [6, 6.07) is 2.79. The van der Waals surface area contributed by atoms with E-state index in [1.165, 1.54) is 11.0 Å². The lowest BCUT2D eigenvalue weighted by Crippen LogP contribution is -2.49. The first-order chi connectivity index (χ1) is 9.78. The first kappa shape index (κ1) is 15.8. The summed E-state index contributed by atoms with van der Waals surface area (Å²) in [5.74, 6) is -2.60. The lowest BCUT2D eigenvalue weighted by Gasteiger charge is -2.32. The van der Waals surface area contributed by atoms with Gasteiger partial charge in [-0.15, -0.1) is 0 Å². The summed E-state index contributed by atoms with van der Waals surface area (Å²) in [7, 11) is -3.39. The number of nitrogens with zero attached hydrogens (tertiary/aromatic N) is 1. The SMILES string of the molecule is CS(=O)(=O)N[C@@H]1CCCN(C(=O)c2c(F)cccc2F)C1. The van der Waals surface area contributed by atoms with Gasteiger partial charge in [-0.25, -0.2) is 21.9 Å². The number of piperidine rings is 1. The number of carbonyl (C=O) groups excluding carboxylic acids is 1. The number of halogens is 2. The fourth-order valence-corrected chi connectivity index (χ4v) is 3.22. The van der Waals surface area contributed by atoms with Crippen molar-refractivity contribution >= 4 is 15.9 Å². The van der Waals surface area contributed by atoms with Crippen LogP contribution in [-0.4, -0.2) is 44.6 Å². The highest BCUT2D eigenvalue weighted by molar-refractivity contribution is 7.88. The second-order valence-electron chi connectivity index (χ2n) is 5.08. The molecule has 0 aromatic heterocycles. The Morgan fingerprint density at radius 1 is 1.33 bits per heavy atom. The Kier molecular flexibility index (Phi) is 4.58. The molecule has 0 bridgehead atoms. The lowest BCUT2D eigenvalue weighted by molar-refractivity contribution is 0.0693. The van der Waals surface area contributed by atoms with Gasteiger partial charge in [-0.3, -0.25) is 4.79 Å². The molecule has 0 aliphatic carbocycles. The Balaban J connectivity index is 2.16. The van der Waals surface area contributed by atoms with Crippen molar-refractivity contribution in [2.45, 2.75) is 18.9 Å². The van der Waals surface area contributed by atoms with Crippen molar-refractivity contribution in [3.05, 3.63) is 35.4 Å². The summed E-state index contributed by atoms with van der Waals surface area (Å²) in [4.78, 5) is 13.5. The number of benzene rings is 1. The molecule has 1 aromatic carbocycles. The Labute approximate surface area is 122 Å². The Morgan fingerprint density at radius 2 is 1.95 bits per heavy atom. The summed E-state index contributed by atoms with van der Waals surface area (Å²) in [6.45, 7) is 0.439. The Morgan fingerprint density at radius 3 is 2.52 bits per heavy atom. The maximum atomic E-state index is 13.6. The van der Waals surface area contributed by atoms with Crippen molar-refractivity contribution in [2.75, 3.05) is 19.3 Å². The number of rotatable bonds is 3. The van der Waals surface area contributed by atoms with E-state index in [0.29, 0.717) is 19.4 Å². The van der Waals surface area contributed by atoms with E-state index in [-0.39, 0.29) is 6.54 Å². The van der Waals surface area contributed by atoms with Gasteiger partial charge in [0, 0.05) is 19.1 Å². The monoisotopic (exact) mass is 318 g/mol. The molecule has 0 unspecified atom stereocenters. The molecule has 1 aromatic rings. The van der Waals surface area contributed by atoms with Gasteiger partial charge in [0.1, 0.15) is 17.2 Å². The maximum absolute atomic E-state index is 13.6. The average molecular weight is 318 g/mol. The molecule has 8 heteroatoms. The van der Waals surface area contributed by atoms with Crippen molar-refractivity contribution < 1.29 is 22.0 Å². The predicted molar refractivity (Wildman–Crippen MR) is 73.3 cm³/mol. The fraction of sp³-hybridized carbons (Fsp3) is 0.462. The summed E-state index contributed by atoms with van der Waals surface area (Å²) < 4.78 is 52.1. The number of nitrogens with one attached hydrogen (secondary N) is 1. The van der Waals surface area contributed by atoms with Gasteiger partial charge >= 0.3 is 0 Å². The van der Waals surface area contributed by atoms with Gasteiger partial charge in [0.05, 0.1) is 6.26 Å². The molecule has 5 nitrogen and oxygen atoms in total. The van der Waals surface area contributed by atoms with Crippen LogP contribution in [0.2, 0.25) is 0 Å². The minimum Gasteiger partial charge on any atom is -0.337 e. The highest BCUT2D eigenvalue weighted by Gasteiger charge is 2.29. The number of carbonyl (C=O) groups is 1. The number of sulfonamides is 1. The van der Waals surface area contributed by atoms with Gasteiger partial charge in [0.25, 0.3) is 5.91 Å².